The number of hydrogen-bond acceptors (Lipinski definition) is 2. The Balaban J connectivity index is 2.46. The summed E-state index contributed by atoms with van der Waals surface area (Å²) in [5, 5.41) is 0. The molecule has 0 amide bonds. The van der Waals surface area contributed by atoms with Gasteiger partial charge in [-0.25, -0.2) is 13.2 Å². The monoisotopic (exact) mass is 286 g/mol. The zero-order valence-corrected chi connectivity index (χ0v) is 11.9. The van der Waals surface area contributed by atoms with Crippen LogP contribution >= 0.6 is 0 Å². The molecule has 0 aromatic heterocycles. The fourth-order valence-electron chi connectivity index (χ4n) is 3.13. The maximum absolute atomic E-state index is 14.1. The third kappa shape index (κ3) is 2.83. The molecule has 2 nitrogen and oxygen atoms in total. The van der Waals surface area contributed by atoms with Crippen molar-refractivity contribution in [3.05, 3.63) is 35.1 Å². The van der Waals surface area contributed by atoms with Gasteiger partial charge < -0.3 is 5.73 Å². The number of nitrogens with zero attached hydrogens (tertiary/aromatic N) is 1. The molecule has 2 unspecified atom stereocenters. The molecule has 2 rings (SSSR count). The summed E-state index contributed by atoms with van der Waals surface area (Å²) < 4.78 is 40.7. The molecule has 1 aromatic carbocycles. The van der Waals surface area contributed by atoms with Crippen LogP contribution in [0.25, 0.3) is 0 Å². The molecule has 0 bridgehead atoms. The fourth-order valence-corrected chi connectivity index (χ4v) is 3.13. The molecule has 1 fully saturated rings. The van der Waals surface area contributed by atoms with E-state index in [0.29, 0.717) is 12.6 Å². The molecule has 0 aliphatic carbocycles. The molecular weight excluding hydrogens is 265 g/mol. The predicted molar refractivity (Wildman–Crippen MR) is 72.7 cm³/mol. The van der Waals surface area contributed by atoms with Gasteiger partial charge in [0.15, 0.2) is 11.6 Å². The molecule has 5 heteroatoms. The Morgan fingerprint density at radius 3 is 2.45 bits per heavy atom. The van der Waals surface area contributed by atoms with Gasteiger partial charge in [0.2, 0.25) is 0 Å². The molecule has 2 N–H and O–H groups in total. The molecule has 1 saturated heterocycles. The second kappa shape index (κ2) is 6.14. The summed E-state index contributed by atoms with van der Waals surface area (Å²) in [6.07, 6.45) is 1.87. The van der Waals surface area contributed by atoms with Crippen LogP contribution < -0.4 is 5.73 Å². The Kier molecular flexibility index (Phi) is 4.70. The minimum Gasteiger partial charge on any atom is -0.330 e. The van der Waals surface area contributed by atoms with Gasteiger partial charge in [-0.3, -0.25) is 4.90 Å². The highest BCUT2D eigenvalue weighted by Crippen LogP contribution is 2.38. The van der Waals surface area contributed by atoms with Gasteiger partial charge in [0.05, 0.1) is 0 Å². The first-order valence-electron chi connectivity index (χ1n) is 7.06. The number of nitrogens with two attached hydrogens (primary N) is 1. The van der Waals surface area contributed by atoms with Gasteiger partial charge in [0.25, 0.3) is 0 Å². The Morgan fingerprint density at radius 2 is 1.85 bits per heavy atom. The zero-order chi connectivity index (χ0) is 14.9. The summed E-state index contributed by atoms with van der Waals surface area (Å²) in [5.41, 5.74) is 6.01. The minimum absolute atomic E-state index is 0.0607. The van der Waals surface area contributed by atoms with Crippen LogP contribution in [0.4, 0.5) is 13.2 Å². The standard InChI is InChI=1S/C15H21F3N2/c1-9(2)20-5-3-4-10(8-19)15(20)11-6-13(17)14(18)7-12(11)16/h6-7,9-10,15H,3-5,8,19H2,1-2H3. The van der Waals surface area contributed by atoms with Crippen molar-refractivity contribution in [2.45, 2.75) is 38.8 Å². The molecule has 2 atom stereocenters. The summed E-state index contributed by atoms with van der Waals surface area (Å²) in [4.78, 5) is 2.12. The second-order valence-corrected chi connectivity index (χ2v) is 5.70. The predicted octanol–water partition coefficient (Wildman–Crippen LogP) is 3.22. The summed E-state index contributed by atoms with van der Waals surface area (Å²) in [6.45, 7) is 5.26. The van der Waals surface area contributed by atoms with Crippen LogP contribution in [0.3, 0.4) is 0 Å². The normalized spacial score (nSPS) is 24.4. The van der Waals surface area contributed by atoms with Crippen molar-refractivity contribution in [3.63, 3.8) is 0 Å². The smallest absolute Gasteiger partial charge is 0.161 e. The van der Waals surface area contributed by atoms with Gasteiger partial charge in [-0.1, -0.05) is 0 Å². The zero-order valence-electron chi connectivity index (χ0n) is 11.9. The summed E-state index contributed by atoms with van der Waals surface area (Å²) in [5.74, 6) is -2.79. The van der Waals surface area contributed by atoms with Crippen molar-refractivity contribution in [2.24, 2.45) is 11.7 Å². The highest BCUT2D eigenvalue weighted by Gasteiger charge is 2.35. The molecule has 0 radical (unpaired) electrons. The van der Waals surface area contributed by atoms with E-state index in [1.54, 1.807) is 0 Å². The quantitative estimate of drug-likeness (QED) is 0.864. The van der Waals surface area contributed by atoms with Gasteiger partial charge >= 0.3 is 0 Å². The van der Waals surface area contributed by atoms with Gasteiger partial charge in [-0.05, 0) is 51.8 Å². The van der Waals surface area contributed by atoms with E-state index < -0.39 is 17.5 Å². The average molecular weight is 286 g/mol. The molecule has 0 saturated carbocycles. The number of piperidine rings is 1. The van der Waals surface area contributed by atoms with Crippen LogP contribution in [-0.2, 0) is 0 Å². The third-order valence-corrected chi connectivity index (χ3v) is 4.12. The van der Waals surface area contributed by atoms with Crippen LogP contribution in [0.2, 0.25) is 0 Å². The van der Waals surface area contributed by atoms with Crippen molar-refractivity contribution < 1.29 is 13.2 Å². The van der Waals surface area contributed by atoms with Crippen LogP contribution in [0.15, 0.2) is 12.1 Å². The molecule has 1 aliphatic rings. The molecule has 1 aliphatic heterocycles. The first-order chi connectivity index (χ1) is 9.45. The van der Waals surface area contributed by atoms with Gasteiger partial charge in [-0.15, -0.1) is 0 Å². The van der Waals surface area contributed by atoms with E-state index in [1.807, 2.05) is 13.8 Å². The summed E-state index contributed by atoms with van der Waals surface area (Å²) >= 11 is 0. The lowest BCUT2D eigenvalue weighted by atomic mass is 9.83. The minimum atomic E-state index is -1.15. The van der Waals surface area contributed by atoms with E-state index in [4.69, 9.17) is 5.73 Å². The van der Waals surface area contributed by atoms with Crippen molar-refractivity contribution in [3.8, 4) is 0 Å². The van der Waals surface area contributed by atoms with Crippen molar-refractivity contribution >= 4 is 0 Å². The first kappa shape index (κ1) is 15.3. The van der Waals surface area contributed by atoms with Gasteiger partial charge in [0, 0.05) is 23.7 Å². The van der Waals surface area contributed by atoms with E-state index in [1.165, 1.54) is 0 Å². The summed E-state index contributed by atoms with van der Waals surface area (Å²) in [7, 11) is 0. The van der Waals surface area contributed by atoms with E-state index in [9.17, 15) is 13.2 Å². The number of rotatable bonds is 3. The Morgan fingerprint density at radius 1 is 1.20 bits per heavy atom. The maximum atomic E-state index is 14.1. The lowest BCUT2D eigenvalue weighted by Gasteiger charge is -2.43. The molecule has 1 aromatic rings. The molecule has 1 heterocycles. The van der Waals surface area contributed by atoms with Crippen molar-refractivity contribution in [1.29, 1.82) is 0 Å². The first-order valence-corrected chi connectivity index (χ1v) is 7.06. The lowest BCUT2D eigenvalue weighted by Crippen LogP contribution is -2.45. The Labute approximate surface area is 117 Å². The van der Waals surface area contributed by atoms with E-state index >= 15 is 0 Å². The lowest BCUT2D eigenvalue weighted by molar-refractivity contribution is 0.0639. The van der Waals surface area contributed by atoms with Crippen LogP contribution in [0, 0.1) is 23.4 Å². The van der Waals surface area contributed by atoms with Crippen LogP contribution in [0.5, 0.6) is 0 Å². The van der Waals surface area contributed by atoms with Crippen molar-refractivity contribution in [2.75, 3.05) is 13.1 Å². The van der Waals surface area contributed by atoms with Crippen LogP contribution in [0.1, 0.15) is 38.3 Å². The average Bonchev–Trinajstić information content (AvgIpc) is 2.42. The van der Waals surface area contributed by atoms with Crippen LogP contribution in [-0.4, -0.2) is 24.0 Å². The number of benzene rings is 1. The third-order valence-electron chi connectivity index (χ3n) is 4.12. The molecule has 20 heavy (non-hydrogen) atoms. The summed E-state index contributed by atoms with van der Waals surface area (Å²) in [6, 6.07) is 1.52. The second-order valence-electron chi connectivity index (χ2n) is 5.70. The van der Waals surface area contributed by atoms with Gasteiger partial charge in [-0.2, -0.15) is 0 Å². The number of likely N-dealkylation sites (tertiary alicyclic amines) is 1. The van der Waals surface area contributed by atoms with E-state index in [0.717, 1.165) is 25.5 Å². The molecular formula is C15H21F3N2. The number of hydrogen-bond donors (Lipinski definition) is 1. The van der Waals surface area contributed by atoms with Gasteiger partial charge in [0.1, 0.15) is 5.82 Å². The Hall–Kier alpha value is -1.07. The van der Waals surface area contributed by atoms with E-state index in [2.05, 4.69) is 4.90 Å². The SMILES string of the molecule is CC(C)N1CCCC(CN)C1c1cc(F)c(F)cc1F. The molecule has 112 valence electrons. The van der Waals surface area contributed by atoms with Crippen molar-refractivity contribution in [1.82, 2.24) is 4.90 Å². The maximum Gasteiger partial charge on any atom is 0.161 e. The highest BCUT2D eigenvalue weighted by atomic mass is 19.2. The highest BCUT2D eigenvalue weighted by molar-refractivity contribution is 5.25. The largest absolute Gasteiger partial charge is 0.330 e. The Bertz CT molecular complexity index is 476. The van der Waals surface area contributed by atoms with E-state index in [-0.39, 0.29) is 23.6 Å². The molecule has 0 spiro atoms. The fraction of sp³-hybridized carbons (Fsp3) is 0.600. The number of halogens is 3. The topological polar surface area (TPSA) is 29.3 Å².